The Morgan fingerprint density at radius 3 is 2.87 bits per heavy atom. The monoisotopic (exact) mass is 212 g/mol. The van der Waals surface area contributed by atoms with Gasteiger partial charge in [0.2, 0.25) is 0 Å². The summed E-state index contributed by atoms with van der Waals surface area (Å²) in [6, 6.07) is 3.90. The van der Waals surface area contributed by atoms with Gasteiger partial charge in [-0.2, -0.15) is 0 Å². The molecule has 4 nitrogen and oxygen atoms in total. The van der Waals surface area contributed by atoms with Crippen molar-refractivity contribution in [2.24, 2.45) is 5.73 Å². The zero-order chi connectivity index (χ0) is 11.3. The van der Waals surface area contributed by atoms with Gasteiger partial charge in [-0.1, -0.05) is 0 Å². The van der Waals surface area contributed by atoms with E-state index in [0.29, 0.717) is 18.8 Å². The van der Waals surface area contributed by atoms with E-state index >= 15 is 0 Å². The second-order valence-electron chi connectivity index (χ2n) is 3.07. The summed E-state index contributed by atoms with van der Waals surface area (Å²) in [6.07, 6.45) is 0.778. The van der Waals surface area contributed by atoms with Crippen LogP contribution in [0.2, 0.25) is 0 Å². The zero-order valence-corrected chi connectivity index (χ0v) is 8.16. The lowest BCUT2D eigenvalue weighted by Gasteiger charge is -2.06. The smallest absolute Gasteiger partial charge is 0.338 e. The minimum absolute atomic E-state index is 0.326. The van der Waals surface area contributed by atoms with Gasteiger partial charge in [-0.05, 0) is 31.2 Å². The first-order valence-corrected chi connectivity index (χ1v) is 4.62. The van der Waals surface area contributed by atoms with Crippen molar-refractivity contribution in [1.29, 1.82) is 0 Å². The molecule has 0 radical (unpaired) electrons. The molecule has 0 aromatic heterocycles. The molecule has 5 heteroatoms. The van der Waals surface area contributed by atoms with Gasteiger partial charge >= 0.3 is 5.97 Å². The molecule has 0 unspecified atom stereocenters. The van der Waals surface area contributed by atoms with Crippen LogP contribution in [-0.2, 0) is 0 Å². The third-order valence-electron chi connectivity index (χ3n) is 1.91. The van der Waals surface area contributed by atoms with E-state index in [2.05, 4.69) is 5.32 Å². The van der Waals surface area contributed by atoms with Crippen LogP contribution in [0.15, 0.2) is 18.2 Å². The number of rotatable bonds is 5. The highest BCUT2D eigenvalue weighted by molar-refractivity contribution is 5.89. The van der Waals surface area contributed by atoms with Crippen molar-refractivity contribution in [2.75, 3.05) is 18.4 Å². The molecule has 0 fully saturated rings. The molecule has 0 aliphatic carbocycles. The topological polar surface area (TPSA) is 75.3 Å². The maximum Gasteiger partial charge on any atom is 0.338 e. The molecule has 0 atom stereocenters. The number of carboxylic acids is 1. The molecule has 1 aromatic rings. The van der Waals surface area contributed by atoms with Crippen LogP contribution in [0.25, 0.3) is 0 Å². The molecule has 0 spiro atoms. The van der Waals surface area contributed by atoms with Crippen molar-refractivity contribution >= 4 is 11.7 Å². The number of aromatic carboxylic acids is 1. The summed E-state index contributed by atoms with van der Waals surface area (Å²) < 4.78 is 13.0. The van der Waals surface area contributed by atoms with Crippen molar-refractivity contribution in [3.63, 3.8) is 0 Å². The summed E-state index contributed by atoms with van der Waals surface area (Å²) in [5.41, 5.74) is 5.56. The molecule has 0 bridgehead atoms. The van der Waals surface area contributed by atoms with E-state index in [0.717, 1.165) is 12.5 Å². The Morgan fingerprint density at radius 1 is 1.53 bits per heavy atom. The van der Waals surface area contributed by atoms with Crippen molar-refractivity contribution in [1.82, 2.24) is 0 Å². The highest BCUT2D eigenvalue weighted by Crippen LogP contribution is 2.14. The lowest BCUT2D eigenvalue weighted by molar-refractivity contribution is 0.0692. The van der Waals surface area contributed by atoms with E-state index in [1.54, 1.807) is 0 Å². The number of nitrogens with two attached hydrogens (primary N) is 1. The number of carboxylic acid groups (broad SMARTS) is 1. The third-order valence-corrected chi connectivity index (χ3v) is 1.91. The fraction of sp³-hybridized carbons (Fsp3) is 0.300. The Labute approximate surface area is 86.9 Å². The van der Waals surface area contributed by atoms with Gasteiger partial charge in [-0.25, -0.2) is 9.18 Å². The summed E-state index contributed by atoms with van der Waals surface area (Å²) in [7, 11) is 0. The maximum atomic E-state index is 13.0. The van der Waals surface area contributed by atoms with E-state index in [1.807, 2.05) is 0 Å². The molecule has 0 aliphatic rings. The van der Waals surface area contributed by atoms with E-state index in [9.17, 15) is 9.18 Å². The Morgan fingerprint density at radius 2 is 2.27 bits per heavy atom. The minimum Gasteiger partial charge on any atom is -0.478 e. The number of anilines is 1. The Bertz CT molecular complexity index is 355. The fourth-order valence-corrected chi connectivity index (χ4v) is 1.13. The number of nitrogens with one attached hydrogen (secondary N) is 1. The number of carbonyl (C=O) groups is 1. The van der Waals surface area contributed by atoms with Crippen molar-refractivity contribution in [3.05, 3.63) is 29.6 Å². The Kier molecular flexibility index (Phi) is 4.05. The predicted molar refractivity (Wildman–Crippen MR) is 55.5 cm³/mol. The van der Waals surface area contributed by atoms with E-state index in [1.165, 1.54) is 12.1 Å². The van der Waals surface area contributed by atoms with Crippen LogP contribution >= 0.6 is 0 Å². The van der Waals surface area contributed by atoms with Crippen molar-refractivity contribution < 1.29 is 14.3 Å². The molecule has 4 N–H and O–H groups in total. The molecule has 1 aromatic carbocycles. The van der Waals surface area contributed by atoms with Gasteiger partial charge in [-0.15, -0.1) is 0 Å². The van der Waals surface area contributed by atoms with E-state index < -0.39 is 11.8 Å². The summed E-state index contributed by atoms with van der Waals surface area (Å²) in [6.45, 7) is 1.20. The van der Waals surface area contributed by atoms with Crippen LogP contribution in [0, 0.1) is 5.82 Å². The molecule has 0 saturated carbocycles. The highest BCUT2D eigenvalue weighted by atomic mass is 19.1. The van der Waals surface area contributed by atoms with Gasteiger partial charge in [0.1, 0.15) is 5.82 Å². The number of hydrogen-bond acceptors (Lipinski definition) is 3. The van der Waals surface area contributed by atoms with Gasteiger partial charge < -0.3 is 16.2 Å². The average molecular weight is 212 g/mol. The van der Waals surface area contributed by atoms with Gasteiger partial charge in [0.05, 0.1) is 5.56 Å². The molecule has 15 heavy (non-hydrogen) atoms. The first kappa shape index (κ1) is 11.5. The Hall–Kier alpha value is -1.62. The molecule has 0 saturated heterocycles. The largest absolute Gasteiger partial charge is 0.478 e. The van der Waals surface area contributed by atoms with Crippen LogP contribution in [0.5, 0.6) is 0 Å². The summed E-state index contributed by atoms with van der Waals surface area (Å²) in [4.78, 5) is 10.6. The molecule has 0 aliphatic heterocycles. The van der Waals surface area contributed by atoms with Crippen LogP contribution in [0.3, 0.4) is 0 Å². The van der Waals surface area contributed by atoms with Crippen molar-refractivity contribution in [2.45, 2.75) is 6.42 Å². The molecular weight excluding hydrogens is 199 g/mol. The maximum absolute atomic E-state index is 13.0. The second kappa shape index (κ2) is 5.31. The summed E-state index contributed by atoms with van der Waals surface area (Å²) >= 11 is 0. The fourth-order valence-electron chi connectivity index (χ4n) is 1.13. The number of hydrogen-bond donors (Lipinski definition) is 3. The molecule has 0 heterocycles. The first-order valence-electron chi connectivity index (χ1n) is 4.62. The lowest BCUT2D eigenvalue weighted by atomic mass is 10.2. The van der Waals surface area contributed by atoms with E-state index in [4.69, 9.17) is 10.8 Å². The van der Waals surface area contributed by atoms with Crippen LogP contribution in [-0.4, -0.2) is 24.2 Å². The molecule has 82 valence electrons. The molecule has 0 amide bonds. The number of benzene rings is 1. The van der Waals surface area contributed by atoms with Gasteiger partial charge in [-0.3, -0.25) is 0 Å². The second-order valence-corrected chi connectivity index (χ2v) is 3.07. The average Bonchev–Trinajstić information content (AvgIpc) is 2.20. The van der Waals surface area contributed by atoms with Crippen LogP contribution in [0.4, 0.5) is 10.1 Å². The Balaban J connectivity index is 2.74. The highest BCUT2D eigenvalue weighted by Gasteiger charge is 2.10. The number of halogens is 1. The summed E-state index contributed by atoms with van der Waals surface area (Å²) in [5, 5.41) is 11.6. The van der Waals surface area contributed by atoms with Crippen LogP contribution < -0.4 is 11.1 Å². The zero-order valence-electron chi connectivity index (χ0n) is 8.16. The molecular formula is C10H13FN2O2. The SMILES string of the molecule is NCCCNc1ccc(F)c(C(=O)O)c1. The van der Waals surface area contributed by atoms with E-state index in [-0.39, 0.29) is 5.56 Å². The quantitative estimate of drug-likeness (QED) is 0.643. The molecule has 1 rings (SSSR count). The summed E-state index contributed by atoms with van der Waals surface area (Å²) in [5.74, 6) is -2.00. The predicted octanol–water partition coefficient (Wildman–Crippen LogP) is 1.28. The van der Waals surface area contributed by atoms with Gasteiger partial charge in [0.25, 0.3) is 0 Å². The standard InChI is InChI=1S/C10H13FN2O2/c11-9-3-2-7(13-5-1-4-12)6-8(9)10(14)15/h2-3,6,13H,1,4-5,12H2,(H,14,15). The van der Waals surface area contributed by atoms with Crippen LogP contribution in [0.1, 0.15) is 16.8 Å². The third kappa shape index (κ3) is 3.21. The first-order chi connectivity index (χ1) is 7.15. The van der Waals surface area contributed by atoms with Gasteiger partial charge in [0.15, 0.2) is 0 Å². The van der Waals surface area contributed by atoms with Crippen molar-refractivity contribution in [3.8, 4) is 0 Å². The van der Waals surface area contributed by atoms with Gasteiger partial charge in [0, 0.05) is 12.2 Å². The minimum atomic E-state index is -1.27. The lowest BCUT2D eigenvalue weighted by Crippen LogP contribution is -2.09. The normalized spacial score (nSPS) is 10.0.